The SMILES string of the molecule is CC(C)n1nnc(C#N)c1-c1ccc(C(C)(C)C)cc1. The van der Waals surface area contributed by atoms with Gasteiger partial charge in [-0.05, 0) is 24.8 Å². The van der Waals surface area contributed by atoms with Crippen molar-refractivity contribution in [2.45, 2.75) is 46.1 Å². The zero-order chi connectivity index (χ0) is 14.9. The number of hydrogen-bond acceptors (Lipinski definition) is 3. The first kappa shape index (κ1) is 14.3. The molecule has 4 nitrogen and oxygen atoms in total. The van der Waals surface area contributed by atoms with Gasteiger partial charge in [-0.15, -0.1) is 5.10 Å². The van der Waals surface area contributed by atoms with Gasteiger partial charge < -0.3 is 0 Å². The summed E-state index contributed by atoms with van der Waals surface area (Å²) in [6.45, 7) is 10.6. The highest BCUT2D eigenvalue weighted by molar-refractivity contribution is 5.65. The van der Waals surface area contributed by atoms with Gasteiger partial charge in [0, 0.05) is 11.6 Å². The van der Waals surface area contributed by atoms with Crippen molar-refractivity contribution < 1.29 is 0 Å². The monoisotopic (exact) mass is 268 g/mol. The van der Waals surface area contributed by atoms with Crippen molar-refractivity contribution in [1.29, 1.82) is 5.26 Å². The van der Waals surface area contributed by atoms with Crippen LogP contribution in [0.2, 0.25) is 0 Å². The van der Waals surface area contributed by atoms with Crippen LogP contribution in [0.4, 0.5) is 0 Å². The highest BCUT2D eigenvalue weighted by atomic mass is 15.4. The van der Waals surface area contributed by atoms with Crippen molar-refractivity contribution in [3.05, 3.63) is 35.5 Å². The molecular weight excluding hydrogens is 248 g/mol. The second kappa shape index (κ2) is 5.09. The normalized spacial score (nSPS) is 11.7. The summed E-state index contributed by atoms with van der Waals surface area (Å²) in [5.41, 5.74) is 3.54. The molecule has 0 saturated carbocycles. The number of nitriles is 1. The van der Waals surface area contributed by atoms with Crippen LogP contribution < -0.4 is 0 Å². The fourth-order valence-electron chi connectivity index (χ4n) is 2.13. The van der Waals surface area contributed by atoms with Crippen LogP contribution in [-0.2, 0) is 5.41 Å². The van der Waals surface area contributed by atoms with Gasteiger partial charge in [0.05, 0.1) is 0 Å². The predicted octanol–water partition coefficient (Wildman–Crippen LogP) is 3.70. The molecule has 2 rings (SSSR count). The molecule has 0 unspecified atom stereocenters. The molecule has 0 radical (unpaired) electrons. The standard InChI is InChI=1S/C16H20N4/c1-11(2)20-15(14(10-17)18-19-20)12-6-8-13(9-7-12)16(3,4)5/h6-9,11H,1-5H3. The smallest absolute Gasteiger partial charge is 0.190 e. The lowest BCUT2D eigenvalue weighted by Crippen LogP contribution is -2.11. The molecule has 2 aromatic rings. The van der Waals surface area contributed by atoms with Gasteiger partial charge in [0.15, 0.2) is 5.69 Å². The van der Waals surface area contributed by atoms with E-state index in [1.165, 1.54) is 5.56 Å². The Morgan fingerprint density at radius 2 is 1.75 bits per heavy atom. The highest BCUT2D eigenvalue weighted by Crippen LogP contribution is 2.28. The third-order valence-electron chi connectivity index (χ3n) is 3.31. The molecule has 0 spiro atoms. The third-order valence-corrected chi connectivity index (χ3v) is 3.31. The Labute approximate surface area is 120 Å². The second-order valence-electron chi connectivity index (χ2n) is 6.26. The summed E-state index contributed by atoms with van der Waals surface area (Å²) in [4.78, 5) is 0. The van der Waals surface area contributed by atoms with Crippen LogP contribution in [0.5, 0.6) is 0 Å². The largest absolute Gasteiger partial charge is 0.241 e. The highest BCUT2D eigenvalue weighted by Gasteiger charge is 2.18. The first-order valence-corrected chi connectivity index (χ1v) is 6.81. The van der Waals surface area contributed by atoms with E-state index >= 15 is 0 Å². The predicted molar refractivity (Wildman–Crippen MR) is 79.3 cm³/mol. The van der Waals surface area contributed by atoms with E-state index < -0.39 is 0 Å². The van der Waals surface area contributed by atoms with Crippen molar-refractivity contribution in [2.24, 2.45) is 0 Å². The molecule has 1 heterocycles. The minimum atomic E-state index is 0.118. The molecule has 0 aliphatic carbocycles. The molecule has 0 saturated heterocycles. The van der Waals surface area contributed by atoms with Gasteiger partial charge in [0.25, 0.3) is 0 Å². The molecule has 0 bridgehead atoms. The first-order valence-electron chi connectivity index (χ1n) is 6.81. The summed E-state index contributed by atoms with van der Waals surface area (Å²) in [6, 6.07) is 10.6. The van der Waals surface area contributed by atoms with Gasteiger partial charge in [0.2, 0.25) is 0 Å². The van der Waals surface area contributed by atoms with Gasteiger partial charge >= 0.3 is 0 Å². The first-order chi connectivity index (χ1) is 9.34. The zero-order valence-corrected chi connectivity index (χ0v) is 12.7. The number of aromatic nitrogens is 3. The maximum absolute atomic E-state index is 9.19. The van der Waals surface area contributed by atoms with E-state index in [-0.39, 0.29) is 11.5 Å². The molecule has 0 aliphatic heterocycles. The Bertz CT molecular complexity index is 637. The lowest BCUT2D eigenvalue weighted by Gasteiger charge is -2.19. The molecule has 0 aliphatic rings. The third kappa shape index (κ3) is 2.57. The summed E-state index contributed by atoms with van der Waals surface area (Å²) in [5.74, 6) is 0. The summed E-state index contributed by atoms with van der Waals surface area (Å²) < 4.78 is 1.80. The van der Waals surface area contributed by atoms with E-state index in [0.717, 1.165) is 11.3 Å². The van der Waals surface area contributed by atoms with Crippen molar-refractivity contribution in [3.63, 3.8) is 0 Å². The molecule has 4 heteroatoms. The maximum atomic E-state index is 9.19. The fraction of sp³-hybridized carbons (Fsp3) is 0.438. The average Bonchev–Trinajstić information content (AvgIpc) is 2.81. The minimum Gasteiger partial charge on any atom is -0.241 e. The van der Waals surface area contributed by atoms with Crippen molar-refractivity contribution in [2.75, 3.05) is 0 Å². The van der Waals surface area contributed by atoms with Crippen LogP contribution in [0.25, 0.3) is 11.3 Å². The number of hydrogen-bond donors (Lipinski definition) is 0. The van der Waals surface area contributed by atoms with E-state index in [4.69, 9.17) is 0 Å². The van der Waals surface area contributed by atoms with Gasteiger partial charge in [-0.1, -0.05) is 50.3 Å². The van der Waals surface area contributed by atoms with Gasteiger partial charge in [-0.3, -0.25) is 0 Å². The molecule has 0 amide bonds. The van der Waals surface area contributed by atoms with E-state index in [1.54, 1.807) is 4.68 Å². The Balaban J connectivity index is 2.52. The molecular formula is C16H20N4. The summed E-state index contributed by atoms with van der Waals surface area (Å²) in [7, 11) is 0. The molecule has 0 atom stereocenters. The Hall–Kier alpha value is -2.15. The van der Waals surface area contributed by atoms with E-state index in [9.17, 15) is 5.26 Å². The van der Waals surface area contributed by atoms with Crippen LogP contribution in [-0.4, -0.2) is 15.0 Å². The number of benzene rings is 1. The lowest BCUT2D eigenvalue weighted by atomic mass is 9.86. The minimum absolute atomic E-state index is 0.118. The topological polar surface area (TPSA) is 54.5 Å². The van der Waals surface area contributed by atoms with Gasteiger partial charge in [0.1, 0.15) is 11.8 Å². The van der Waals surface area contributed by atoms with Crippen LogP contribution >= 0.6 is 0 Å². The van der Waals surface area contributed by atoms with Gasteiger partial charge in [-0.2, -0.15) is 5.26 Å². The van der Waals surface area contributed by atoms with E-state index in [0.29, 0.717) is 5.69 Å². The summed E-state index contributed by atoms with van der Waals surface area (Å²) >= 11 is 0. The molecule has 0 fully saturated rings. The number of nitrogens with zero attached hydrogens (tertiary/aromatic N) is 4. The van der Waals surface area contributed by atoms with Crippen LogP contribution in [0.3, 0.4) is 0 Å². The van der Waals surface area contributed by atoms with Crippen molar-refractivity contribution in [1.82, 2.24) is 15.0 Å². The second-order valence-corrected chi connectivity index (χ2v) is 6.26. The van der Waals surface area contributed by atoms with Crippen LogP contribution in [0, 0.1) is 11.3 Å². The average molecular weight is 268 g/mol. The van der Waals surface area contributed by atoms with Crippen LogP contribution in [0.15, 0.2) is 24.3 Å². The number of rotatable bonds is 2. The van der Waals surface area contributed by atoms with E-state index in [2.05, 4.69) is 49.3 Å². The Morgan fingerprint density at radius 3 is 2.20 bits per heavy atom. The summed E-state index contributed by atoms with van der Waals surface area (Å²) in [6.07, 6.45) is 0. The van der Waals surface area contributed by atoms with E-state index in [1.807, 2.05) is 26.0 Å². The zero-order valence-electron chi connectivity index (χ0n) is 12.7. The molecule has 1 aromatic heterocycles. The van der Waals surface area contributed by atoms with Gasteiger partial charge in [-0.25, -0.2) is 4.68 Å². The quantitative estimate of drug-likeness (QED) is 0.834. The molecule has 20 heavy (non-hydrogen) atoms. The van der Waals surface area contributed by atoms with Crippen molar-refractivity contribution in [3.8, 4) is 17.3 Å². The van der Waals surface area contributed by atoms with Crippen LogP contribution in [0.1, 0.15) is 51.9 Å². The Kier molecular flexibility index (Phi) is 3.63. The van der Waals surface area contributed by atoms with Crippen molar-refractivity contribution >= 4 is 0 Å². The Morgan fingerprint density at radius 1 is 1.15 bits per heavy atom. The summed E-state index contributed by atoms with van der Waals surface area (Å²) in [5, 5.41) is 17.2. The molecule has 104 valence electrons. The maximum Gasteiger partial charge on any atom is 0.190 e. The molecule has 1 aromatic carbocycles. The lowest BCUT2D eigenvalue weighted by molar-refractivity contribution is 0.519. The fourth-order valence-corrected chi connectivity index (χ4v) is 2.13. The molecule has 0 N–H and O–H groups in total.